The molecule has 1 heterocycles. The van der Waals surface area contributed by atoms with Crippen LogP contribution in [0.15, 0.2) is 34.7 Å². The normalized spacial score (nSPS) is 12.9. The molecule has 1 N–H and O–H groups in total. The minimum absolute atomic E-state index is 0.299. The van der Waals surface area contributed by atoms with E-state index in [-0.39, 0.29) is 0 Å². The van der Waals surface area contributed by atoms with Crippen LogP contribution in [0.3, 0.4) is 0 Å². The van der Waals surface area contributed by atoms with Gasteiger partial charge in [-0.2, -0.15) is 12.6 Å². The van der Waals surface area contributed by atoms with Crippen molar-refractivity contribution in [2.24, 2.45) is 0 Å². The van der Waals surface area contributed by atoms with E-state index in [0.29, 0.717) is 12.2 Å². The van der Waals surface area contributed by atoms with Crippen molar-refractivity contribution in [1.29, 1.82) is 0 Å². The van der Waals surface area contributed by atoms with E-state index >= 15 is 0 Å². The summed E-state index contributed by atoms with van der Waals surface area (Å²) in [6.07, 6.45) is 0.299. The van der Waals surface area contributed by atoms with Crippen LogP contribution in [0.1, 0.15) is 5.76 Å². The Morgan fingerprint density at radius 1 is 1.47 bits per heavy atom. The molecule has 0 saturated carbocycles. The first kappa shape index (κ1) is 10.1. The maximum Gasteiger partial charge on any atom is 0.316 e. The van der Waals surface area contributed by atoms with Crippen molar-refractivity contribution in [3.8, 4) is 0 Å². The number of para-hydroxylation sites is 1. The van der Waals surface area contributed by atoms with Gasteiger partial charge in [-0.1, -0.05) is 18.2 Å². The summed E-state index contributed by atoms with van der Waals surface area (Å²) in [6.45, 7) is 0. The predicted molar refractivity (Wildman–Crippen MR) is 60.3 cm³/mol. The zero-order valence-electron chi connectivity index (χ0n) is 7.88. The Morgan fingerprint density at radius 3 is 2.87 bits per heavy atom. The summed E-state index contributed by atoms with van der Waals surface area (Å²) in [4.78, 5) is 10.6. The summed E-state index contributed by atoms with van der Waals surface area (Å²) in [5.41, 5.74) is 0.776. The van der Waals surface area contributed by atoms with Gasteiger partial charge in [0.25, 0.3) is 0 Å². The first-order chi connectivity index (χ1) is 7.16. The second kappa shape index (κ2) is 3.98. The average molecular weight is 222 g/mol. The number of carbonyl (C=O) groups is 1. The molecule has 0 radical (unpaired) electrons. The van der Waals surface area contributed by atoms with Gasteiger partial charge in [-0.05, 0) is 12.1 Å². The number of hydrogen-bond donors (Lipinski definition) is 2. The van der Waals surface area contributed by atoms with E-state index < -0.39 is 11.2 Å². The molecule has 2 rings (SSSR count). The number of furan rings is 1. The lowest BCUT2D eigenvalue weighted by atomic mass is 10.2. The van der Waals surface area contributed by atoms with E-state index in [1.54, 1.807) is 0 Å². The van der Waals surface area contributed by atoms with E-state index in [4.69, 9.17) is 9.52 Å². The molecule has 2 aromatic rings. The summed E-state index contributed by atoms with van der Waals surface area (Å²) in [5, 5.41) is 8.97. The molecule has 3 nitrogen and oxygen atoms in total. The number of aliphatic carboxylic acids is 1. The highest BCUT2D eigenvalue weighted by molar-refractivity contribution is 7.81. The monoisotopic (exact) mass is 222 g/mol. The van der Waals surface area contributed by atoms with Crippen molar-refractivity contribution < 1.29 is 14.3 Å². The molecule has 0 bridgehead atoms. The molecule has 0 amide bonds. The summed E-state index contributed by atoms with van der Waals surface area (Å²) < 4.78 is 5.48. The second-order valence-corrected chi connectivity index (χ2v) is 3.93. The van der Waals surface area contributed by atoms with Crippen LogP contribution in [0.4, 0.5) is 0 Å². The van der Waals surface area contributed by atoms with Gasteiger partial charge in [0.2, 0.25) is 0 Å². The predicted octanol–water partition coefficient (Wildman–Crippen LogP) is 2.36. The van der Waals surface area contributed by atoms with Gasteiger partial charge < -0.3 is 9.52 Å². The molecule has 0 aliphatic carbocycles. The Kier molecular flexibility index (Phi) is 2.68. The Hall–Kier alpha value is -1.42. The largest absolute Gasteiger partial charge is 0.480 e. The molecule has 1 aromatic carbocycles. The molecule has 0 saturated heterocycles. The number of carboxylic acids is 1. The molecule has 0 aliphatic heterocycles. The summed E-state index contributed by atoms with van der Waals surface area (Å²) >= 11 is 3.96. The number of carboxylic acid groups (broad SMARTS) is 1. The molecule has 1 aromatic heterocycles. The van der Waals surface area contributed by atoms with Gasteiger partial charge in [0.15, 0.2) is 0 Å². The molecule has 0 fully saturated rings. The highest BCUT2D eigenvalue weighted by Crippen LogP contribution is 2.20. The minimum atomic E-state index is -0.932. The van der Waals surface area contributed by atoms with Crippen LogP contribution < -0.4 is 0 Å². The third kappa shape index (κ3) is 2.15. The zero-order valence-corrected chi connectivity index (χ0v) is 8.78. The topological polar surface area (TPSA) is 50.4 Å². The standard InChI is InChI=1S/C11H10O3S/c12-11(13)10(15)6-8-5-7-3-1-2-4-9(7)14-8/h1-5,10,15H,6H2,(H,12,13). The Labute approximate surface area is 92.1 Å². The minimum Gasteiger partial charge on any atom is -0.480 e. The van der Waals surface area contributed by atoms with Crippen LogP contribution in [0.2, 0.25) is 0 Å². The van der Waals surface area contributed by atoms with Crippen molar-refractivity contribution in [1.82, 2.24) is 0 Å². The van der Waals surface area contributed by atoms with Crippen LogP contribution in [-0.2, 0) is 11.2 Å². The molecule has 0 aliphatic rings. The summed E-state index contributed by atoms with van der Waals surface area (Å²) in [7, 11) is 0. The first-order valence-corrected chi connectivity index (χ1v) is 5.07. The fraction of sp³-hybridized carbons (Fsp3) is 0.182. The quantitative estimate of drug-likeness (QED) is 0.784. The summed E-state index contributed by atoms with van der Waals surface area (Å²) in [5.74, 6) is -0.280. The van der Waals surface area contributed by atoms with Gasteiger partial charge in [-0.3, -0.25) is 4.79 Å². The number of thiol groups is 1. The molecule has 1 atom stereocenters. The fourth-order valence-corrected chi connectivity index (χ4v) is 1.60. The number of hydrogen-bond acceptors (Lipinski definition) is 3. The smallest absolute Gasteiger partial charge is 0.316 e. The molecular weight excluding hydrogens is 212 g/mol. The van der Waals surface area contributed by atoms with Gasteiger partial charge in [0, 0.05) is 11.8 Å². The first-order valence-electron chi connectivity index (χ1n) is 4.55. The van der Waals surface area contributed by atoms with Crippen molar-refractivity contribution in [2.75, 3.05) is 0 Å². The second-order valence-electron chi connectivity index (χ2n) is 3.31. The van der Waals surface area contributed by atoms with Crippen LogP contribution >= 0.6 is 12.6 Å². The van der Waals surface area contributed by atoms with E-state index in [2.05, 4.69) is 12.6 Å². The molecule has 0 spiro atoms. The highest BCUT2D eigenvalue weighted by atomic mass is 32.1. The molecule has 15 heavy (non-hydrogen) atoms. The van der Waals surface area contributed by atoms with Gasteiger partial charge in [0.1, 0.15) is 16.6 Å². The Bertz CT molecular complexity index is 456. The molecule has 1 unspecified atom stereocenters. The van der Waals surface area contributed by atoms with Crippen LogP contribution in [0.5, 0.6) is 0 Å². The van der Waals surface area contributed by atoms with Crippen molar-refractivity contribution in [3.05, 3.63) is 36.1 Å². The summed E-state index contributed by atoms with van der Waals surface area (Å²) in [6, 6.07) is 9.42. The molecular formula is C11H10O3S. The van der Waals surface area contributed by atoms with Crippen LogP contribution in [-0.4, -0.2) is 16.3 Å². The molecule has 4 heteroatoms. The highest BCUT2D eigenvalue weighted by Gasteiger charge is 2.15. The maximum absolute atomic E-state index is 10.6. The van der Waals surface area contributed by atoms with Gasteiger partial charge >= 0.3 is 5.97 Å². The van der Waals surface area contributed by atoms with E-state index in [1.807, 2.05) is 30.3 Å². The Morgan fingerprint density at radius 2 is 2.20 bits per heavy atom. The van der Waals surface area contributed by atoms with Crippen molar-refractivity contribution >= 4 is 29.6 Å². The SMILES string of the molecule is O=C(O)C(S)Cc1cc2ccccc2o1. The van der Waals surface area contributed by atoms with E-state index in [1.165, 1.54) is 0 Å². The van der Waals surface area contributed by atoms with Gasteiger partial charge in [0.05, 0.1) is 0 Å². The van der Waals surface area contributed by atoms with Crippen molar-refractivity contribution in [3.63, 3.8) is 0 Å². The third-order valence-electron chi connectivity index (χ3n) is 2.16. The van der Waals surface area contributed by atoms with Gasteiger partial charge in [-0.15, -0.1) is 0 Å². The Balaban J connectivity index is 2.26. The third-order valence-corrected chi connectivity index (χ3v) is 2.56. The number of fused-ring (bicyclic) bond motifs is 1. The lowest BCUT2D eigenvalue weighted by Crippen LogP contribution is -2.15. The van der Waals surface area contributed by atoms with Crippen LogP contribution in [0, 0.1) is 0 Å². The fourth-order valence-electron chi connectivity index (χ4n) is 1.42. The van der Waals surface area contributed by atoms with Crippen molar-refractivity contribution in [2.45, 2.75) is 11.7 Å². The maximum atomic E-state index is 10.6. The van der Waals surface area contributed by atoms with E-state index in [9.17, 15) is 4.79 Å². The van der Waals surface area contributed by atoms with E-state index in [0.717, 1.165) is 11.0 Å². The lowest BCUT2D eigenvalue weighted by Gasteiger charge is -2.00. The average Bonchev–Trinajstić information content (AvgIpc) is 2.59. The zero-order chi connectivity index (χ0) is 10.8. The number of rotatable bonds is 3. The van der Waals surface area contributed by atoms with Gasteiger partial charge in [-0.25, -0.2) is 0 Å². The number of benzene rings is 1. The lowest BCUT2D eigenvalue weighted by molar-refractivity contribution is -0.136. The van der Waals surface area contributed by atoms with Crippen LogP contribution in [0.25, 0.3) is 11.0 Å². The molecule has 78 valence electrons.